The summed E-state index contributed by atoms with van der Waals surface area (Å²) in [6.45, 7) is 2.98. The number of unbranched alkanes of at least 4 members (excludes halogenated alkanes) is 2. The van der Waals surface area contributed by atoms with Crippen LogP contribution in [-0.4, -0.2) is 20.4 Å². The van der Waals surface area contributed by atoms with Gasteiger partial charge in [0.05, 0.1) is 17.1 Å². The Hall–Kier alpha value is -2.56. The van der Waals surface area contributed by atoms with Gasteiger partial charge in [-0.25, -0.2) is 4.98 Å². The molecule has 0 fully saturated rings. The van der Waals surface area contributed by atoms with Crippen LogP contribution in [0.4, 0.5) is 0 Å². The fourth-order valence-corrected chi connectivity index (χ4v) is 2.84. The summed E-state index contributed by atoms with van der Waals surface area (Å²) < 4.78 is 2.17. The molecule has 0 saturated carbocycles. The molecule has 24 heavy (non-hydrogen) atoms. The molecule has 0 radical (unpaired) electrons. The Morgan fingerprint density at radius 1 is 1.17 bits per heavy atom. The minimum absolute atomic E-state index is 0.0870. The van der Waals surface area contributed by atoms with Crippen LogP contribution in [0, 0.1) is 0 Å². The van der Waals surface area contributed by atoms with Crippen LogP contribution in [-0.2, 0) is 11.3 Å². The van der Waals surface area contributed by atoms with Gasteiger partial charge >= 0.3 is 0 Å². The number of rotatable bonds is 8. The largest absolute Gasteiger partial charge is 0.354 e. The van der Waals surface area contributed by atoms with E-state index in [9.17, 15) is 4.79 Å². The van der Waals surface area contributed by atoms with Crippen molar-refractivity contribution in [3.05, 3.63) is 54.6 Å². The average Bonchev–Trinajstić information content (AvgIpc) is 3.23. The second-order valence-electron chi connectivity index (χ2n) is 6.16. The summed E-state index contributed by atoms with van der Waals surface area (Å²) in [6, 6.07) is 11.9. The minimum Gasteiger partial charge on any atom is -0.354 e. The summed E-state index contributed by atoms with van der Waals surface area (Å²) >= 11 is 0. The lowest BCUT2D eigenvalue weighted by Gasteiger charge is -2.11. The van der Waals surface area contributed by atoms with E-state index >= 15 is 0 Å². The number of hydrogen-bond acceptors (Lipinski definition) is 2. The number of H-pyrrole nitrogens is 1. The summed E-state index contributed by atoms with van der Waals surface area (Å²) in [5.74, 6) is 0.890. The van der Waals surface area contributed by atoms with Gasteiger partial charge in [-0.2, -0.15) is 0 Å². The first-order valence-electron chi connectivity index (χ1n) is 8.57. The lowest BCUT2D eigenvalue weighted by molar-refractivity contribution is -0.121. The molecular formula is C19H24N4O. The highest BCUT2D eigenvalue weighted by atomic mass is 16.1. The van der Waals surface area contributed by atoms with Crippen LogP contribution in [0.15, 0.2) is 48.8 Å². The van der Waals surface area contributed by atoms with Crippen molar-refractivity contribution in [1.82, 2.24) is 19.9 Å². The van der Waals surface area contributed by atoms with Gasteiger partial charge in [-0.15, -0.1) is 0 Å². The molecule has 2 N–H and O–H groups in total. The predicted molar refractivity (Wildman–Crippen MR) is 95.6 cm³/mol. The third-order valence-corrected chi connectivity index (χ3v) is 4.18. The molecule has 0 aliphatic rings. The van der Waals surface area contributed by atoms with Crippen molar-refractivity contribution < 1.29 is 4.79 Å². The van der Waals surface area contributed by atoms with Gasteiger partial charge in [0, 0.05) is 25.4 Å². The highest BCUT2D eigenvalue weighted by Crippen LogP contribution is 2.15. The molecule has 0 aliphatic heterocycles. The normalized spacial score (nSPS) is 12.4. The maximum Gasteiger partial charge on any atom is 0.220 e. The number of aromatic nitrogens is 3. The lowest BCUT2D eigenvalue weighted by atomic mass is 10.2. The van der Waals surface area contributed by atoms with Crippen molar-refractivity contribution in [1.29, 1.82) is 0 Å². The number of benzene rings is 1. The molecule has 1 atom stereocenters. The molecular weight excluding hydrogens is 300 g/mol. The molecule has 1 aromatic carbocycles. The van der Waals surface area contributed by atoms with E-state index in [1.807, 2.05) is 43.3 Å². The van der Waals surface area contributed by atoms with E-state index in [4.69, 9.17) is 0 Å². The fourth-order valence-electron chi connectivity index (χ4n) is 2.84. The first kappa shape index (κ1) is 16.3. The van der Waals surface area contributed by atoms with E-state index in [0.717, 1.165) is 42.7 Å². The van der Waals surface area contributed by atoms with Gasteiger partial charge in [-0.1, -0.05) is 18.6 Å². The second-order valence-corrected chi connectivity index (χ2v) is 6.16. The zero-order valence-electron chi connectivity index (χ0n) is 14.0. The molecule has 2 heterocycles. The molecule has 1 amide bonds. The van der Waals surface area contributed by atoms with Crippen LogP contribution in [0.3, 0.4) is 0 Å². The number of amides is 1. The smallest absolute Gasteiger partial charge is 0.220 e. The van der Waals surface area contributed by atoms with Crippen LogP contribution < -0.4 is 5.32 Å². The summed E-state index contributed by atoms with van der Waals surface area (Å²) in [4.78, 5) is 19.9. The molecule has 0 aliphatic carbocycles. The van der Waals surface area contributed by atoms with Crippen LogP contribution in [0.2, 0.25) is 0 Å². The van der Waals surface area contributed by atoms with Crippen molar-refractivity contribution in [2.24, 2.45) is 0 Å². The Balaban J connectivity index is 1.39. The number of fused-ring (bicyclic) bond motifs is 1. The van der Waals surface area contributed by atoms with Gasteiger partial charge in [0.1, 0.15) is 5.82 Å². The fraction of sp³-hybridized carbons (Fsp3) is 0.368. The maximum absolute atomic E-state index is 12.1. The Bertz CT molecular complexity index is 743. The molecule has 0 spiro atoms. The quantitative estimate of drug-likeness (QED) is 0.619. The van der Waals surface area contributed by atoms with Crippen LogP contribution >= 0.6 is 0 Å². The lowest BCUT2D eigenvalue weighted by Crippen LogP contribution is -2.27. The summed E-state index contributed by atoms with van der Waals surface area (Å²) in [6.07, 6.45) is 7.78. The third kappa shape index (κ3) is 4.25. The molecule has 3 rings (SSSR count). The predicted octanol–water partition coefficient (Wildman–Crippen LogP) is 3.80. The van der Waals surface area contributed by atoms with Gasteiger partial charge in [0.15, 0.2) is 0 Å². The molecule has 126 valence electrons. The van der Waals surface area contributed by atoms with Crippen LogP contribution in [0.1, 0.15) is 44.5 Å². The number of nitrogens with one attached hydrogen (secondary N) is 2. The van der Waals surface area contributed by atoms with Crippen molar-refractivity contribution in [2.45, 2.75) is 45.2 Å². The molecule has 0 saturated heterocycles. The van der Waals surface area contributed by atoms with Crippen molar-refractivity contribution in [3.8, 4) is 0 Å². The standard InChI is InChI=1S/C19H24N4O/c1-15(19-21-16-9-4-5-10-17(16)22-19)20-18(24)11-3-2-6-12-23-13-7-8-14-23/h4-5,7-10,13-15H,2-3,6,11-12H2,1H3,(H,20,24)(H,21,22). The molecule has 2 aromatic heterocycles. The number of hydrogen-bond donors (Lipinski definition) is 2. The zero-order valence-corrected chi connectivity index (χ0v) is 14.0. The third-order valence-electron chi connectivity index (χ3n) is 4.18. The number of aryl methyl sites for hydroxylation is 1. The van der Waals surface area contributed by atoms with E-state index in [1.54, 1.807) is 0 Å². The van der Waals surface area contributed by atoms with Crippen molar-refractivity contribution >= 4 is 16.9 Å². The van der Waals surface area contributed by atoms with Gasteiger partial charge < -0.3 is 14.9 Å². The number of carbonyl (C=O) groups excluding carboxylic acids is 1. The maximum atomic E-state index is 12.1. The number of para-hydroxylation sites is 2. The summed E-state index contributed by atoms with van der Waals surface area (Å²) in [7, 11) is 0. The first-order chi connectivity index (χ1) is 11.7. The Kier molecular flexibility index (Phi) is 5.31. The van der Waals surface area contributed by atoms with E-state index in [2.05, 4.69) is 32.2 Å². The molecule has 5 nitrogen and oxygen atoms in total. The van der Waals surface area contributed by atoms with E-state index < -0.39 is 0 Å². The highest BCUT2D eigenvalue weighted by Gasteiger charge is 2.13. The SMILES string of the molecule is CC(NC(=O)CCCCCn1cccc1)c1nc2ccccc2[nH]1. The molecule has 0 bridgehead atoms. The molecule has 5 heteroatoms. The van der Waals surface area contributed by atoms with Gasteiger partial charge in [-0.3, -0.25) is 4.79 Å². The number of aromatic amines is 1. The van der Waals surface area contributed by atoms with Crippen LogP contribution in [0.5, 0.6) is 0 Å². The molecule has 1 unspecified atom stereocenters. The number of carbonyl (C=O) groups is 1. The van der Waals surface area contributed by atoms with Gasteiger partial charge in [0.25, 0.3) is 0 Å². The second kappa shape index (κ2) is 7.81. The van der Waals surface area contributed by atoms with Crippen molar-refractivity contribution in [3.63, 3.8) is 0 Å². The highest BCUT2D eigenvalue weighted by molar-refractivity contribution is 5.77. The van der Waals surface area contributed by atoms with Crippen LogP contribution in [0.25, 0.3) is 11.0 Å². The Labute approximate surface area is 142 Å². The average molecular weight is 324 g/mol. The minimum atomic E-state index is -0.107. The monoisotopic (exact) mass is 324 g/mol. The van der Waals surface area contributed by atoms with Gasteiger partial charge in [0.2, 0.25) is 5.91 Å². The number of imidazole rings is 1. The summed E-state index contributed by atoms with van der Waals surface area (Å²) in [5, 5.41) is 3.02. The number of nitrogens with zero attached hydrogens (tertiary/aromatic N) is 2. The van der Waals surface area contributed by atoms with E-state index in [-0.39, 0.29) is 11.9 Å². The van der Waals surface area contributed by atoms with Gasteiger partial charge in [-0.05, 0) is 44.0 Å². The van der Waals surface area contributed by atoms with E-state index in [1.165, 1.54) is 0 Å². The topological polar surface area (TPSA) is 62.7 Å². The molecule has 3 aromatic rings. The first-order valence-corrected chi connectivity index (χ1v) is 8.57. The zero-order chi connectivity index (χ0) is 16.8. The summed E-state index contributed by atoms with van der Waals surface area (Å²) in [5.41, 5.74) is 1.93. The Morgan fingerprint density at radius 3 is 2.75 bits per heavy atom. The van der Waals surface area contributed by atoms with Crippen molar-refractivity contribution in [2.75, 3.05) is 0 Å². The van der Waals surface area contributed by atoms with E-state index in [0.29, 0.717) is 6.42 Å². The Morgan fingerprint density at radius 2 is 1.96 bits per heavy atom.